The summed E-state index contributed by atoms with van der Waals surface area (Å²) < 4.78 is 10.8. The van der Waals surface area contributed by atoms with Gasteiger partial charge in [-0.15, -0.1) is 0 Å². The Morgan fingerprint density at radius 1 is 1.04 bits per heavy atom. The first-order valence-electron chi connectivity index (χ1n) is 9.22. The van der Waals surface area contributed by atoms with Crippen LogP contribution >= 0.6 is 0 Å². The summed E-state index contributed by atoms with van der Waals surface area (Å²) in [4.78, 5) is 24.5. The molecule has 4 heteroatoms. The van der Waals surface area contributed by atoms with Crippen LogP contribution in [0.5, 0.6) is 0 Å². The van der Waals surface area contributed by atoms with E-state index in [4.69, 9.17) is 9.47 Å². The Hall–Kier alpha value is -2.10. The number of unbranched alkanes of at least 4 members (excludes halogenated alkanes) is 1. The number of hydrogen-bond acceptors (Lipinski definition) is 4. The minimum absolute atomic E-state index is 0.269. The highest BCUT2D eigenvalue weighted by Crippen LogP contribution is 2.22. The lowest BCUT2D eigenvalue weighted by Gasteiger charge is -2.25. The van der Waals surface area contributed by atoms with Crippen molar-refractivity contribution in [1.82, 2.24) is 0 Å². The van der Waals surface area contributed by atoms with Crippen LogP contribution in [0.2, 0.25) is 0 Å². The SMILES string of the molecule is CCCCC(C(=O)OCC)C(CCC)OC(=O)C=Cc1ccccc1. The van der Waals surface area contributed by atoms with Crippen LogP contribution in [0.3, 0.4) is 0 Å². The van der Waals surface area contributed by atoms with Gasteiger partial charge in [0.25, 0.3) is 0 Å². The average molecular weight is 346 g/mol. The maximum Gasteiger partial charge on any atom is 0.331 e. The molecule has 138 valence electrons. The second kappa shape index (κ2) is 12.3. The smallest absolute Gasteiger partial charge is 0.331 e. The first-order chi connectivity index (χ1) is 12.1. The molecule has 0 fully saturated rings. The number of benzene rings is 1. The molecule has 0 saturated heterocycles. The fourth-order valence-electron chi connectivity index (χ4n) is 2.67. The van der Waals surface area contributed by atoms with Crippen molar-refractivity contribution in [2.24, 2.45) is 5.92 Å². The summed E-state index contributed by atoms with van der Waals surface area (Å²) in [5, 5.41) is 0. The standard InChI is InChI=1S/C21H30O4/c1-4-7-14-18(21(23)24-6-3)19(11-5-2)25-20(22)16-15-17-12-9-8-10-13-17/h8-10,12-13,15-16,18-19H,4-7,11,14H2,1-3H3. The van der Waals surface area contributed by atoms with E-state index >= 15 is 0 Å². The zero-order chi connectivity index (χ0) is 18.5. The van der Waals surface area contributed by atoms with E-state index in [0.29, 0.717) is 19.4 Å². The summed E-state index contributed by atoms with van der Waals surface area (Å²) in [6.07, 6.45) is 6.74. The average Bonchev–Trinajstić information content (AvgIpc) is 2.61. The molecule has 0 saturated carbocycles. The Bertz CT molecular complexity index is 536. The fraction of sp³-hybridized carbons (Fsp3) is 0.524. The van der Waals surface area contributed by atoms with Gasteiger partial charge in [0, 0.05) is 6.08 Å². The molecule has 0 amide bonds. The van der Waals surface area contributed by atoms with Crippen LogP contribution in [0, 0.1) is 5.92 Å². The van der Waals surface area contributed by atoms with E-state index in [9.17, 15) is 9.59 Å². The Morgan fingerprint density at radius 2 is 1.76 bits per heavy atom. The molecular weight excluding hydrogens is 316 g/mol. The van der Waals surface area contributed by atoms with E-state index in [1.807, 2.05) is 37.3 Å². The normalized spacial score (nSPS) is 13.4. The van der Waals surface area contributed by atoms with Crippen LogP contribution in [0.4, 0.5) is 0 Å². The molecule has 1 rings (SSSR count). The van der Waals surface area contributed by atoms with E-state index in [1.165, 1.54) is 6.08 Å². The minimum atomic E-state index is -0.441. The molecule has 25 heavy (non-hydrogen) atoms. The zero-order valence-electron chi connectivity index (χ0n) is 15.6. The lowest BCUT2D eigenvalue weighted by molar-refractivity contribution is -0.159. The van der Waals surface area contributed by atoms with Crippen LogP contribution in [0.25, 0.3) is 6.08 Å². The van der Waals surface area contributed by atoms with Crippen molar-refractivity contribution in [2.45, 2.75) is 59.0 Å². The van der Waals surface area contributed by atoms with E-state index < -0.39 is 18.0 Å². The highest BCUT2D eigenvalue weighted by atomic mass is 16.6. The Morgan fingerprint density at radius 3 is 2.36 bits per heavy atom. The molecule has 0 heterocycles. The van der Waals surface area contributed by atoms with Gasteiger partial charge < -0.3 is 9.47 Å². The topological polar surface area (TPSA) is 52.6 Å². The number of rotatable bonds is 11. The van der Waals surface area contributed by atoms with Gasteiger partial charge in [-0.25, -0.2) is 4.79 Å². The van der Waals surface area contributed by atoms with Crippen molar-refractivity contribution in [3.63, 3.8) is 0 Å². The molecule has 0 N–H and O–H groups in total. The Balaban J connectivity index is 2.78. The second-order valence-electron chi connectivity index (χ2n) is 6.01. The van der Waals surface area contributed by atoms with Gasteiger partial charge in [-0.3, -0.25) is 4.79 Å². The molecule has 0 aliphatic heterocycles. The number of carbonyl (C=O) groups is 2. The summed E-state index contributed by atoms with van der Waals surface area (Å²) in [6, 6.07) is 9.56. The van der Waals surface area contributed by atoms with Crippen LogP contribution in [0.1, 0.15) is 58.4 Å². The van der Waals surface area contributed by atoms with Crippen molar-refractivity contribution < 1.29 is 19.1 Å². The van der Waals surface area contributed by atoms with E-state index in [1.54, 1.807) is 13.0 Å². The number of hydrogen-bond donors (Lipinski definition) is 0. The van der Waals surface area contributed by atoms with Crippen molar-refractivity contribution >= 4 is 18.0 Å². The third kappa shape index (κ3) is 8.01. The number of carbonyl (C=O) groups excluding carboxylic acids is 2. The van der Waals surface area contributed by atoms with E-state index in [0.717, 1.165) is 24.8 Å². The molecule has 0 aliphatic carbocycles. The molecule has 4 nitrogen and oxygen atoms in total. The molecule has 0 spiro atoms. The van der Waals surface area contributed by atoms with E-state index in [2.05, 4.69) is 6.92 Å². The minimum Gasteiger partial charge on any atom is -0.466 e. The van der Waals surface area contributed by atoms with Gasteiger partial charge in [0.15, 0.2) is 0 Å². The molecule has 2 unspecified atom stereocenters. The summed E-state index contributed by atoms with van der Waals surface area (Å²) in [5.74, 6) is -1.09. The molecular formula is C21H30O4. The van der Waals surface area contributed by atoms with E-state index in [-0.39, 0.29) is 5.97 Å². The van der Waals surface area contributed by atoms with Gasteiger partial charge in [0.1, 0.15) is 6.10 Å². The van der Waals surface area contributed by atoms with Crippen molar-refractivity contribution in [2.75, 3.05) is 6.61 Å². The summed E-state index contributed by atoms with van der Waals surface area (Å²) in [7, 11) is 0. The summed E-state index contributed by atoms with van der Waals surface area (Å²) in [5.41, 5.74) is 0.930. The largest absolute Gasteiger partial charge is 0.466 e. The maximum atomic E-state index is 12.3. The van der Waals surface area contributed by atoms with Crippen LogP contribution < -0.4 is 0 Å². The van der Waals surface area contributed by atoms with Crippen LogP contribution in [-0.4, -0.2) is 24.6 Å². The Kier molecular flexibility index (Phi) is 10.3. The van der Waals surface area contributed by atoms with Crippen LogP contribution in [-0.2, 0) is 19.1 Å². The first kappa shape index (κ1) is 20.9. The number of esters is 2. The zero-order valence-corrected chi connectivity index (χ0v) is 15.6. The molecule has 0 radical (unpaired) electrons. The van der Waals surface area contributed by atoms with Crippen molar-refractivity contribution in [3.8, 4) is 0 Å². The first-order valence-corrected chi connectivity index (χ1v) is 9.22. The lowest BCUT2D eigenvalue weighted by atomic mass is 9.93. The van der Waals surface area contributed by atoms with Crippen LogP contribution in [0.15, 0.2) is 36.4 Å². The predicted octanol–water partition coefficient (Wildman–Crippen LogP) is 4.78. The molecule has 1 aromatic carbocycles. The highest BCUT2D eigenvalue weighted by molar-refractivity contribution is 5.87. The third-order valence-electron chi connectivity index (χ3n) is 3.96. The summed E-state index contributed by atoms with van der Waals surface area (Å²) >= 11 is 0. The second-order valence-corrected chi connectivity index (χ2v) is 6.01. The highest BCUT2D eigenvalue weighted by Gasteiger charge is 2.31. The van der Waals surface area contributed by atoms with Gasteiger partial charge >= 0.3 is 11.9 Å². The molecule has 2 atom stereocenters. The van der Waals surface area contributed by atoms with Gasteiger partial charge in [-0.1, -0.05) is 63.4 Å². The van der Waals surface area contributed by atoms with Gasteiger partial charge in [0.05, 0.1) is 12.5 Å². The van der Waals surface area contributed by atoms with Crippen molar-refractivity contribution in [3.05, 3.63) is 42.0 Å². The Labute approximate surface area is 151 Å². The maximum absolute atomic E-state index is 12.3. The lowest BCUT2D eigenvalue weighted by Crippen LogP contribution is -2.33. The summed E-state index contributed by atoms with van der Waals surface area (Å²) in [6.45, 7) is 6.22. The predicted molar refractivity (Wildman–Crippen MR) is 99.9 cm³/mol. The third-order valence-corrected chi connectivity index (χ3v) is 3.96. The molecule has 0 bridgehead atoms. The molecule has 0 aliphatic rings. The van der Waals surface area contributed by atoms with Gasteiger partial charge in [0.2, 0.25) is 0 Å². The quantitative estimate of drug-likeness (QED) is 0.427. The molecule has 1 aromatic rings. The van der Waals surface area contributed by atoms with Gasteiger partial charge in [-0.05, 0) is 31.4 Å². The number of ether oxygens (including phenoxy) is 2. The fourth-order valence-corrected chi connectivity index (χ4v) is 2.67. The van der Waals surface area contributed by atoms with Crippen molar-refractivity contribution in [1.29, 1.82) is 0 Å². The monoisotopic (exact) mass is 346 g/mol. The van der Waals surface area contributed by atoms with Gasteiger partial charge in [-0.2, -0.15) is 0 Å². The molecule has 0 aromatic heterocycles.